The van der Waals surface area contributed by atoms with Crippen LogP contribution in [0.4, 0.5) is 17.2 Å². The van der Waals surface area contributed by atoms with Gasteiger partial charge in [-0.3, -0.25) is 10.1 Å². The fourth-order valence-electron chi connectivity index (χ4n) is 1.62. The number of aromatic carboxylic acids is 1. The van der Waals surface area contributed by atoms with E-state index >= 15 is 0 Å². The Kier molecular flexibility index (Phi) is 4.18. The molecule has 0 atom stereocenters. The average molecular weight is 352 g/mol. The van der Waals surface area contributed by atoms with Crippen molar-refractivity contribution in [1.82, 2.24) is 4.98 Å². The first-order valence-electron chi connectivity index (χ1n) is 5.79. The first-order chi connectivity index (χ1) is 9.88. The van der Waals surface area contributed by atoms with E-state index in [0.717, 1.165) is 22.3 Å². The number of hydrogen-bond donors (Lipinski definition) is 2. The Hall–Kier alpha value is -2.48. The quantitative estimate of drug-likeness (QED) is 0.644. The Balaban J connectivity index is 2.41. The van der Waals surface area contributed by atoms with Crippen molar-refractivity contribution in [1.29, 1.82) is 0 Å². The number of rotatable bonds is 4. The molecule has 0 saturated carbocycles. The number of hydrogen-bond acceptors (Lipinski definition) is 5. The summed E-state index contributed by atoms with van der Waals surface area (Å²) < 4.78 is 0.853. The van der Waals surface area contributed by atoms with Gasteiger partial charge in [-0.25, -0.2) is 9.78 Å². The summed E-state index contributed by atoms with van der Waals surface area (Å²) in [5, 5.41) is 22.7. The van der Waals surface area contributed by atoms with Crippen LogP contribution in [0.3, 0.4) is 0 Å². The maximum Gasteiger partial charge on any atom is 0.339 e. The SMILES string of the molecule is Cc1ccc(Nc2ncc([N+](=O)[O-])cc2C(=O)O)cc1Br. The summed E-state index contributed by atoms with van der Waals surface area (Å²) in [4.78, 5) is 25.0. The molecule has 2 N–H and O–H groups in total. The van der Waals surface area contributed by atoms with E-state index < -0.39 is 10.9 Å². The lowest BCUT2D eigenvalue weighted by molar-refractivity contribution is -0.385. The van der Waals surface area contributed by atoms with Gasteiger partial charge in [-0.15, -0.1) is 0 Å². The van der Waals surface area contributed by atoms with Gasteiger partial charge in [-0.2, -0.15) is 0 Å². The van der Waals surface area contributed by atoms with Gasteiger partial charge in [-0.1, -0.05) is 22.0 Å². The van der Waals surface area contributed by atoms with Crippen LogP contribution in [0, 0.1) is 17.0 Å². The minimum Gasteiger partial charge on any atom is -0.478 e. The average Bonchev–Trinajstić information content (AvgIpc) is 2.43. The molecule has 108 valence electrons. The topological polar surface area (TPSA) is 105 Å². The molecule has 0 saturated heterocycles. The van der Waals surface area contributed by atoms with Crippen LogP contribution < -0.4 is 5.32 Å². The summed E-state index contributed by atoms with van der Waals surface area (Å²) in [6.07, 6.45) is 1.01. The Morgan fingerprint density at radius 2 is 2.14 bits per heavy atom. The number of anilines is 2. The Morgan fingerprint density at radius 3 is 2.71 bits per heavy atom. The van der Waals surface area contributed by atoms with Crippen molar-refractivity contribution < 1.29 is 14.8 Å². The predicted molar refractivity (Wildman–Crippen MR) is 80.0 cm³/mol. The fourth-order valence-corrected chi connectivity index (χ4v) is 2.00. The lowest BCUT2D eigenvalue weighted by Crippen LogP contribution is -2.06. The summed E-state index contributed by atoms with van der Waals surface area (Å²) in [7, 11) is 0. The van der Waals surface area contributed by atoms with E-state index in [4.69, 9.17) is 5.11 Å². The summed E-state index contributed by atoms with van der Waals surface area (Å²) in [5.41, 5.74) is 1.01. The highest BCUT2D eigenvalue weighted by molar-refractivity contribution is 9.10. The van der Waals surface area contributed by atoms with Crippen molar-refractivity contribution >= 4 is 39.1 Å². The highest BCUT2D eigenvalue weighted by atomic mass is 79.9. The van der Waals surface area contributed by atoms with Gasteiger partial charge in [0.15, 0.2) is 0 Å². The zero-order chi connectivity index (χ0) is 15.6. The van der Waals surface area contributed by atoms with E-state index in [0.29, 0.717) is 5.69 Å². The number of benzene rings is 1. The van der Waals surface area contributed by atoms with Gasteiger partial charge in [0, 0.05) is 16.2 Å². The summed E-state index contributed by atoms with van der Waals surface area (Å²) in [6, 6.07) is 6.35. The number of nitro groups is 1. The van der Waals surface area contributed by atoms with Crippen molar-refractivity contribution in [2.45, 2.75) is 6.92 Å². The molecule has 21 heavy (non-hydrogen) atoms. The third-order valence-electron chi connectivity index (χ3n) is 2.75. The normalized spacial score (nSPS) is 10.2. The van der Waals surface area contributed by atoms with Gasteiger partial charge in [0.1, 0.15) is 17.6 Å². The van der Waals surface area contributed by atoms with Crippen molar-refractivity contribution in [3.05, 3.63) is 56.2 Å². The van der Waals surface area contributed by atoms with Crippen LogP contribution in [-0.2, 0) is 0 Å². The van der Waals surface area contributed by atoms with Gasteiger partial charge < -0.3 is 10.4 Å². The predicted octanol–water partition coefficient (Wildman–Crippen LogP) is 3.50. The van der Waals surface area contributed by atoms with E-state index in [1.54, 1.807) is 12.1 Å². The summed E-state index contributed by atoms with van der Waals surface area (Å²) >= 11 is 3.37. The molecule has 2 aromatic rings. The number of aryl methyl sites for hydroxylation is 1. The lowest BCUT2D eigenvalue weighted by atomic mass is 10.2. The number of aromatic nitrogens is 1. The molecule has 1 aromatic carbocycles. The van der Waals surface area contributed by atoms with Crippen LogP contribution in [0.2, 0.25) is 0 Å². The zero-order valence-corrected chi connectivity index (χ0v) is 12.4. The molecule has 0 aliphatic rings. The Bertz CT molecular complexity index is 733. The Labute approximate surface area is 127 Å². The van der Waals surface area contributed by atoms with Crippen LogP contribution in [-0.4, -0.2) is 21.0 Å². The van der Waals surface area contributed by atoms with Gasteiger partial charge >= 0.3 is 5.97 Å². The number of nitrogens with one attached hydrogen (secondary N) is 1. The lowest BCUT2D eigenvalue weighted by Gasteiger charge is -2.09. The zero-order valence-electron chi connectivity index (χ0n) is 10.8. The number of carboxylic acids is 1. The molecular weight excluding hydrogens is 342 g/mol. The van der Waals surface area contributed by atoms with Crippen molar-refractivity contribution in [3.63, 3.8) is 0 Å². The third kappa shape index (κ3) is 3.34. The summed E-state index contributed by atoms with van der Waals surface area (Å²) in [5.74, 6) is -1.25. The monoisotopic (exact) mass is 351 g/mol. The minimum atomic E-state index is -1.29. The minimum absolute atomic E-state index is 0.0452. The van der Waals surface area contributed by atoms with Crippen LogP contribution >= 0.6 is 15.9 Å². The number of halogens is 1. The molecule has 0 aliphatic heterocycles. The smallest absolute Gasteiger partial charge is 0.339 e. The molecule has 2 rings (SSSR count). The molecule has 0 radical (unpaired) electrons. The van der Waals surface area contributed by atoms with Crippen LogP contribution in [0.5, 0.6) is 0 Å². The molecular formula is C13H10BrN3O4. The number of carboxylic acid groups (broad SMARTS) is 1. The second kappa shape index (κ2) is 5.88. The van der Waals surface area contributed by atoms with Gasteiger partial charge in [-0.05, 0) is 24.6 Å². The first-order valence-corrected chi connectivity index (χ1v) is 6.58. The molecule has 0 amide bonds. The highest BCUT2D eigenvalue weighted by Crippen LogP contribution is 2.26. The van der Waals surface area contributed by atoms with Crippen molar-refractivity contribution in [3.8, 4) is 0 Å². The molecule has 1 aromatic heterocycles. The molecule has 8 heteroatoms. The van der Waals surface area contributed by atoms with Gasteiger partial charge in [0.2, 0.25) is 0 Å². The van der Waals surface area contributed by atoms with Gasteiger partial charge in [0.05, 0.1) is 4.92 Å². The van der Waals surface area contributed by atoms with Crippen molar-refractivity contribution in [2.24, 2.45) is 0 Å². The van der Waals surface area contributed by atoms with Gasteiger partial charge in [0.25, 0.3) is 5.69 Å². The maximum atomic E-state index is 11.2. The molecule has 0 aliphatic carbocycles. The molecule has 0 spiro atoms. The van der Waals surface area contributed by atoms with Crippen molar-refractivity contribution in [2.75, 3.05) is 5.32 Å². The molecule has 7 nitrogen and oxygen atoms in total. The number of nitrogens with zero attached hydrogens (tertiary/aromatic N) is 2. The fraction of sp³-hybridized carbons (Fsp3) is 0.0769. The maximum absolute atomic E-state index is 11.2. The Morgan fingerprint density at radius 1 is 1.43 bits per heavy atom. The van der Waals surface area contributed by atoms with E-state index in [1.807, 2.05) is 13.0 Å². The van der Waals surface area contributed by atoms with Crippen LogP contribution in [0.15, 0.2) is 34.9 Å². The standard InChI is InChI=1S/C13H10BrN3O4/c1-7-2-3-8(4-11(7)14)16-12-10(13(18)19)5-9(6-15-12)17(20)21/h2-6H,1H3,(H,15,16)(H,18,19). The largest absolute Gasteiger partial charge is 0.478 e. The molecule has 1 heterocycles. The van der Waals surface area contributed by atoms with Crippen LogP contribution in [0.1, 0.15) is 15.9 Å². The second-order valence-corrected chi connectivity index (χ2v) is 5.10. The van der Waals surface area contributed by atoms with E-state index in [9.17, 15) is 14.9 Å². The first kappa shape index (κ1) is 14.9. The highest BCUT2D eigenvalue weighted by Gasteiger charge is 2.17. The van der Waals surface area contributed by atoms with E-state index in [-0.39, 0.29) is 17.1 Å². The van der Waals surface area contributed by atoms with E-state index in [2.05, 4.69) is 26.2 Å². The summed E-state index contributed by atoms with van der Waals surface area (Å²) in [6.45, 7) is 1.92. The van der Waals surface area contributed by atoms with E-state index in [1.165, 1.54) is 0 Å². The number of pyridine rings is 1. The molecule has 0 unspecified atom stereocenters. The molecule has 0 bridgehead atoms. The third-order valence-corrected chi connectivity index (χ3v) is 3.60. The van der Waals surface area contributed by atoms with Crippen LogP contribution in [0.25, 0.3) is 0 Å². The molecule has 0 fully saturated rings. The number of carbonyl (C=O) groups is 1. The second-order valence-electron chi connectivity index (χ2n) is 4.24.